The van der Waals surface area contributed by atoms with E-state index in [4.69, 9.17) is 10.8 Å². The van der Waals surface area contributed by atoms with Crippen LogP contribution in [0.1, 0.15) is 12.5 Å². The van der Waals surface area contributed by atoms with E-state index in [0.717, 1.165) is 0 Å². The van der Waals surface area contributed by atoms with Gasteiger partial charge in [0.25, 0.3) is 0 Å². The quantitative estimate of drug-likeness (QED) is 0.562. The molecule has 1 aliphatic rings. The van der Waals surface area contributed by atoms with Crippen LogP contribution in [0.5, 0.6) is 0 Å². The summed E-state index contributed by atoms with van der Waals surface area (Å²) in [5.41, 5.74) is 4.75. The number of hydrogen-bond acceptors (Lipinski definition) is 6. The zero-order chi connectivity index (χ0) is 12.6. The van der Waals surface area contributed by atoms with Gasteiger partial charge in [-0.1, -0.05) is 0 Å². The third-order valence-electron chi connectivity index (χ3n) is 2.88. The number of aliphatic hydroxyl groups excluding tert-OH is 3. The number of anilines is 1. The Hall–Kier alpha value is -2.02. The van der Waals surface area contributed by atoms with Gasteiger partial charge in [-0.15, -0.1) is 0 Å². The summed E-state index contributed by atoms with van der Waals surface area (Å²) in [6.07, 6.45) is 1.65. The van der Waals surface area contributed by atoms with E-state index in [9.17, 15) is 15.0 Å². The van der Waals surface area contributed by atoms with Crippen molar-refractivity contribution in [1.82, 2.24) is 9.55 Å². The normalized spacial score (nSPS) is 24.3. The van der Waals surface area contributed by atoms with E-state index in [1.807, 2.05) is 0 Å². The van der Waals surface area contributed by atoms with Gasteiger partial charge in [0, 0.05) is 12.1 Å². The molecule has 0 saturated carbocycles. The van der Waals surface area contributed by atoms with Crippen LogP contribution in [0.15, 0.2) is 28.6 Å². The molecule has 92 valence electrons. The second-order valence-corrected chi connectivity index (χ2v) is 3.94. The maximum Gasteiger partial charge on any atom is 0.350 e. The Morgan fingerprint density at radius 1 is 1.47 bits per heavy atom. The number of aromatic nitrogens is 2. The van der Waals surface area contributed by atoms with E-state index in [0.29, 0.717) is 0 Å². The average molecular weight is 239 g/mol. The van der Waals surface area contributed by atoms with Gasteiger partial charge in [0.15, 0.2) is 5.76 Å². The van der Waals surface area contributed by atoms with Crippen LogP contribution in [0, 0.1) is 5.92 Å². The molecule has 5 N–H and O–H groups in total. The van der Waals surface area contributed by atoms with Crippen molar-refractivity contribution in [3.05, 3.63) is 34.3 Å². The Morgan fingerprint density at radius 2 is 2.18 bits per heavy atom. The van der Waals surface area contributed by atoms with Crippen LogP contribution in [-0.2, 0) is 0 Å². The van der Waals surface area contributed by atoms with Crippen LogP contribution in [0.25, 0.3) is 0 Å². The molecule has 0 amide bonds. The molecule has 0 fully saturated rings. The fraction of sp³-hybridized carbons (Fsp3) is 0.400. The molecule has 0 bridgehead atoms. The molecule has 0 spiro atoms. The molecule has 1 heterocycles. The molecule has 0 radical (unpaired) electrons. The summed E-state index contributed by atoms with van der Waals surface area (Å²) in [6, 6.07) is 0.727. The second-order valence-electron chi connectivity index (χ2n) is 3.94. The van der Waals surface area contributed by atoms with Crippen LogP contribution >= 0.6 is 0 Å². The fourth-order valence-corrected chi connectivity index (χ4v) is 1.94. The molecule has 0 saturated heterocycles. The molecule has 2 atom stereocenters. The molecule has 0 unspecified atom stereocenters. The molecular formula is C10H13N3O4. The minimum absolute atomic E-state index is 0.0932. The zero-order valence-electron chi connectivity index (χ0n) is 8.95. The Labute approximate surface area is 96.5 Å². The second kappa shape index (κ2) is 4.10. The highest BCUT2D eigenvalue weighted by Crippen LogP contribution is 2.36. The lowest BCUT2D eigenvalue weighted by atomic mass is 10.1. The summed E-state index contributed by atoms with van der Waals surface area (Å²) in [4.78, 5) is 15.1. The van der Waals surface area contributed by atoms with Crippen LogP contribution in [-0.4, -0.2) is 31.5 Å². The molecule has 2 rings (SSSR count). The van der Waals surface area contributed by atoms with E-state index in [2.05, 4.69) is 4.98 Å². The van der Waals surface area contributed by atoms with Gasteiger partial charge >= 0.3 is 5.69 Å². The largest absolute Gasteiger partial charge is 0.508 e. The first kappa shape index (κ1) is 11.5. The van der Waals surface area contributed by atoms with Crippen LogP contribution in [0.3, 0.4) is 0 Å². The van der Waals surface area contributed by atoms with Crippen molar-refractivity contribution in [2.75, 3.05) is 12.3 Å². The first-order valence-corrected chi connectivity index (χ1v) is 5.12. The van der Waals surface area contributed by atoms with Gasteiger partial charge in [-0.2, -0.15) is 4.98 Å². The molecule has 0 aliphatic heterocycles. The maximum atomic E-state index is 11.6. The zero-order valence-corrected chi connectivity index (χ0v) is 8.95. The SMILES string of the molecule is Nc1ccn([C@@H]2C[C@H](CO)C(O)=C2O)c(=O)n1. The highest BCUT2D eigenvalue weighted by atomic mass is 16.3. The lowest BCUT2D eigenvalue weighted by Crippen LogP contribution is -2.27. The molecule has 1 aromatic rings. The molecule has 1 aliphatic carbocycles. The first-order valence-electron chi connectivity index (χ1n) is 5.12. The van der Waals surface area contributed by atoms with Crippen molar-refractivity contribution < 1.29 is 15.3 Å². The smallest absolute Gasteiger partial charge is 0.350 e. The minimum atomic E-state index is -0.701. The Morgan fingerprint density at radius 3 is 2.71 bits per heavy atom. The van der Waals surface area contributed by atoms with Gasteiger partial charge in [0.2, 0.25) is 0 Å². The van der Waals surface area contributed by atoms with E-state index >= 15 is 0 Å². The van der Waals surface area contributed by atoms with Crippen LogP contribution in [0.2, 0.25) is 0 Å². The van der Waals surface area contributed by atoms with E-state index < -0.39 is 17.6 Å². The number of allylic oxidation sites excluding steroid dienone is 1. The van der Waals surface area contributed by atoms with Crippen molar-refractivity contribution in [1.29, 1.82) is 0 Å². The maximum absolute atomic E-state index is 11.6. The third kappa shape index (κ3) is 1.84. The van der Waals surface area contributed by atoms with Gasteiger partial charge in [-0.05, 0) is 12.5 Å². The summed E-state index contributed by atoms with van der Waals surface area (Å²) >= 11 is 0. The lowest BCUT2D eigenvalue weighted by Gasteiger charge is -2.13. The average Bonchev–Trinajstić information content (AvgIpc) is 2.57. The molecule has 7 nitrogen and oxygen atoms in total. The van der Waals surface area contributed by atoms with Crippen molar-refractivity contribution in [3.8, 4) is 0 Å². The van der Waals surface area contributed by atoms with E-state index in [1.165, 1.54) is 16.8 Å². The van der Waals surface area contributed by atoms with Gasteiger partial charge in [0.05, 0.1) is 12.6 Å². The number of nitrogens with zero attached hydrogens (tertiary/aromatic N) is 2. The van der Waals surface area contributed by atoms with Gasteiger partial charge < -0.3 is 21.1 Å². The van der Waals surface area contributed by atoms with Gasteiger partial charge in [-0.25, -0.2) is 4.79 Å². The topological polar surface area (TPSA) is 122 Å². The highest BCUT2D eigenvalue weighted by Gasteiger charge is 2.35. The number of nitrogen functional groups attached to an aromatic ring is 1. The number of nitrogens with two attached hydrogens (primary N) is 1. The summed E-state index contributed by atoms with van der Waals surface area (Å²) in [7, 11) is 0. The summed E-state index contributed by atoms with van der Waals surface area (Å²) in [5, 5.41) is 28.3. The van der Waals surface area contributed by atoms with Crippen molar-refractivity contribution in [2.45, 2.75) is 12.5 Å². The molecular weight excluding hydrogens is 226 g/mol. The van der Waals surface area contributed by atoms with Gasteiger partial charge in [-0.3, -0.25) is 4.57 Å². The summed E-state index contributed by atoms with van der Waals surface area (Å²) < 4.78 is 1.18. The Balaban J connectivity index is 2.40. The Kier molecular flexibility index (Phi) is 2.76. The monoisotopic (exact) mass is 239 g/mol. The number of hydrogen-bond donors (Lipinski definition) is 4. The minimum Gasteiger partial charge on any atom is -0.508 e. The van der Waals surface area contributed by atoms with Crippen LogP contribution in [0.4, 0.5) is 5.82 Å². The number of aliphatic hydroxyl groups is 3. The Bertz CT molecular complexity index is 523. The predicted octanol–water partition coefficient (Wildman–Crippen LogP) is -0.294. The summed E-state index contributed by atoms with van der Waals surface area (Å²) in [5.74, 6) is -1.04. The van der Waals surface area contributed by atoms with E-state index in [1.54, 1.807) is 0 Å². The lowest BCUT2D eigenvalue weighted by molar-refractivity contribution is 0.202. The highest BCUT2D eigenvalue weighted by molar-refractivity contribution is 5.25. The molecule has 17 heavy (non-hydrogen) atoms. The van der Waals surface area contributed by atoms with Crippen molar-refractivity contribution >= 4 is 5.82 Å². The third-order valence-corrected chi connectivity index (χ3v) is 2.88. The van der Waals surface area contributed by atoms with E-state index in [-0.39, 0.29) is 30.4 Å². The first-order chi connectivity index (χ1) is 8.04. The predicted molar refractivity (Wildman–Crippen MR) is 59.4 cm³/mol. The van der Waals surface area contributed by atoms with Gasteiger partial charge in [0.1, 0.15) is 11.6 Å². The standard InChI is InChI=1S/C10H13N3O4/c11-7-1-2-13(10(17)12-7)6-3-5(4-14)8(15)9(6)16/h1-2,5-6,14-16H,3-4H2,(H2,11,12,17)/t5-,6-/m1/s1. The fourth-order valence-electron chi connectivity index (χ4n) is 1.94. The van der Waals surface area contributed by atoms with Crippen molar-refractivity contribution in [3.63, 3.8) is 0 Å². The molecule has 7 heteroatoms. The number of rotatable bonds is 2. The van der Waals surface area contributed by atoms with Crippen molar-refractivity contribution in [2.24, 2.45) is 5.92 Å². The summed E-state index contributed by atoms with van der Waals surface area (Å²) in [6.45, 7) is -0.288. The molecule has 1 aromatic heterocycles. The molecule has 0 aromatic carbocycles. The van der Waals surface area contributed by atoms with Crippen LogP contribution < -0.4 is 11.4 Å².